The first-order valence-corrected chi connectivity index (χ1v) is 6.84. The molecule has 0 fully saturated rings. The van der Waals surface area contributed by atoms with Gasteiger partial charge in [-0.3, -0.25) is 0 Å². The minimum absolute atomic E-state index is 0.0980. The maximum Gasteiger partial charge on any atom is 0.374 e. The van der Waals surface area contributed by atoms with Crippen LogP contribution in [-0.2, 0) is 11.3 Å². The van der Waals surface area contributed by atoms with Crippen molar-refractivity contribution in [2.75, 3.05) is 0 Å². The molecule has 3 rings (SSSR count). The van der Waals surface area contributed by atoms with E-state index in [1.54, 1.807) is 42.6 Å². The minimum Gasteiger partial charge on any atom is -0.455 e. The quantitative estimate of drug-likeness (QED) is 0.526. The van der Waals surface area contributed by atoms with Crippen LogP contribution in [0, 0.1) is 0 Å². The Morgan fingerprint density at radius 1 is 1.19 bits per heavy atom. The van der Waals surface area contributed by atoms with Crippen molar-refractivity contribution in [2.24, 2.45) is 0 Å². The molecule has 0 N–H and O–H groups in total. The molecule has 6 heteroatoms. The number of aromatic nitrogens is 1. The van der Waals surface area contributed by atoms with Gasteiger partial charge in [-0.05, 0) is 30.3 Å². The third kappa shape index (κ3) is 3.17. The van der Waals surface area contributed by atoms with Crippen molar-refractivity contribution in [3.63, 3.8) is 0 Å². The van der Waals surface area contributed by atoms with E-state index in [1.807, 2.05) is 0 Å². The Labute approximate surface area is 130 Å². The summed E-state index contributed by atoms with van der Waals surface area (Å²) in [6.45, 7) is 0.0980. The van der Waals surface area contributed by atoms with Crippen molar-refractivity contribution < 1.29 is 13.9 Å². The molecule has 2 heterocycles. The van der Waals surface area contributed by atoms with Crippen molar-refractivity contribution in [1.82, 2.24) is 4.98 Å². The normalized spacial score (nSPS) is 10.8. The fraction of sp³-hybridized carbons (Fsp3) is 0.0667. The van der Waals surface area contributed by atoms with Gasteiger partial charge in [0.25, 0.3) is 0 Å². The Morgan fingerprint density at radius 2 is 2.05 bits per heavy atom. The minimum atomic E-state index is -0.544. The van der Waals surface area contributed by atoms with E-state index in [9.17, 15) is 4.79 Å². The average molecular weight is 322 g/mol. The number of fused-ring (bicyclic) bond motifs is 1. The van der Waals surface area contributed by atoms with E-state index in [1.165, 1.54) is 0 Å². The first-order chi connectivity index (χ1) is 10.1. The third-order valence-electron chi connectivity index (χ3n) is 2.84. The van der Waals surface area contributed by atoms with E-state index in [0.29, 0.717) is 15.8 Å². The zero-order valence-electron chi connectivity index (χ0n) is 10.7. The fourth-order valence-electron chi connectivity index (χ4n) is 1.83. The van der Waals surface area contributed by atoms with E-state index in [2.05, 4.69) is 4.98 Å². The predicted octanol–water partition coefficient (Wildman–Crippen LogP) is 4.49. The molecule has 0 saturated heterocycles. The van der Waals surface area contributed by atoms with E-state index in [-0.39, 0.29) is 12.4 Å². The predicted molar refractivity (Wildman–Crippen MR) is 79.6 cm³/mol. The summed E-state index contributed by atoms with van der Waals surface area (Å²) >= 11 is 11.6. The second kappa shape index (κ2) is 5.76. The van der Waals surface area contributed by atoms with Gasteiger partial charge in [-0.1, -0.05) is 29.3 Å². The molecule has 0 saturated carbocycles. The van der Waals surface area contributed by atoms with Crippen molar-refractivity contribution in [3.8, 4) is 0 Å². The number of carbonyl (C=O) groups is 1. The van der Waals surface area contributed by atoms with Crippen LogP contribution in [-0.4, -0.2) is 11.0 Å². The second-order valence-corrected chi connectivity index (χ2v) is 5.18. The molecule has 0 bridgehead atoms. The number of furan rings is 1. The molecule has 0 aliphatic heterocycles. The van der Waals surface area contributed by atoms with E-state index < -0.39 is 5.97 Å². The maximum absolute atomic E-state index is 11.9. The number of carbonyl (C=O) groups excluding carboxylic acids is 1. The standard InChI is InChI=1S/C15H9Cl2NO3/c16-11-2-3-12-10(5-11)6-13(21-12)15(19)20-8-9-1-4-14(17)18-7-9/h1-7H,8H2. The molecule has 4 nitrogen and oxygen atoms in total. The van der Waals surface area contributed by atoms with Crippen LogP contribution in [0.2, 0.25) is 10.2 Å². The number of hydrogen-bond acceptors (Lipinski definition) is 4. The number of benzene rings is 1. The molecular formula is C15H9Cl2NO3. The van der Waals surface area contributed by atoms with Crippen LogP contribution >= 0.6 is 23.2 Å². The van der Waals surface area contributed by atoms with Crippen LogP contribution in [0.4, 0.5) is 0 Å². The third-order valence-corrected chi connectivity index (χ3v) is 3.30. The molecular weight excluding hydrogens is 313 g/mol. The summed E-state index contributed by atoms with van der Waals surface area (Å²) in [6.07, 6.45) is 1.55. The lowest BCUT2D eigenvalue weighted by molar-refractivity contribution is 0.0438. The van der Waals surface area contributed by atoms with Crippen molar-refractivity contribution in [3.05, 3.63) is 64.1 Å². The Hall–Kier alpha value is -2.04. The molecule has 0 aliphatic carbocycles. The summed E-state index contributed by atoms with van der Waals surface area (Å²) in [7, 11) is 0. The molecule has 0 radical (unpaired) electrons. The van der Waals surface area contributed by atoms with Gasteiger partial charge in [0.15, 0.2) is 0 Å². The molecule has 1 aromatic carbocycles. The van der Waals surface area contributed by atoms with Gasteiger partial charge in [-0.25, -0.2) is 9.78 Å². The van der Waals surface area contributed by atoms with Gasteiger partial charge in [-0.15, -0.1) is 0 Å². The number of halogens is 2. The molecule has 0 atom stereocenters. The molecule has 0 amide bonds. The zero-order chi connectivity index (χ0) is 14.8. The number of ether oxygens (including phenoxy) is 1. The van der Waals surface area contributed by atoms with Gasteiger partial charge in [0.2, 0.25) is 5.76 Å². The molecule has 0 unspecified atom stereocenters. The maximum atomic E-state index is 11.9. The highest BCUT2D eigenvalue weighted by Crippen LogP contribution is 2.23. The van der Waals surface area contributed by atoms with Crippen LogP contribution in [0.25, 0.3) is 11.0 Å². The first-order valence-electron chi connectivity index (χ1n) is 6.08. The van der Waals surface area contributed by atoms with Crippen LogP contribution in [0.5, 0.6) is 0 Å². The number of pyridine rings is 1. The molecule has 106 valence electrons. The fourth-order valence-corrected chi connectivity index (χ4v) is 2.12. The second-order valence-electron chi connectivity index (χ2n) is 4.36. The molecule has 21 heavy (non-hydrogen) atoms. The highest BCUT2D eigenvalue weighted by molar-refractivity contribution is 6.31. The lowest BCUT2D eigenvalue weighted by atomic mass is 10.2. The zero-order valence-corrected chi connectivity index (χ0v) is 12.2. The number of esters is 1. The average Bonchev–Trinajstić information content (AvgIpc) is 2.89. The van der Waals surface area contributed by atoms with Crippen LogP contribution in [0.3, 0.4) is 0 Å². The molecule has 0 aliphatic rings. The van der Waals surface area contributed by atoms with Crippen LogP contribution in [0.15, 0.2) is 47.0 Å². The van der Waals surface area contributed by atoms with Crippen molar-refractivity contribution in [1.29, 1.82) is 0 Å². The van der Waals surface area contributed by atoms with E-state index >= 15 is 0 Å². The SMILES string of the molecule is O=C(OCc1ccc(Cl)nc1)c1cc2cc(Cl)ccc2o1. The Kier molecular flexibility index (Phi) is 3.82. The Bertz CT molecular complexity index is 796. The lowest BCUT2D eigenvalue weighted by Crippen LogP contribution is -2.04. The molecule has 3 aromatic rings. The van der Waals surface area contributed by atoms with Gasteiger partial charge >= 0.3 is 5.97 Å². The summed E-state index contributed by atoms with van der Waals surface area (Å²) in [5.74, 6) is -0.411. The molecule has 2 aromatic heterocycles. The van der Waals surface area contributed by atoms with E-state index in [0.717, 1.165) is 10.9 Å². The summed E-state index contributed by atoms with van der Waals surface area (Å²) in [4.78, 5) is 15.9. The van der Waals surface area contributed by atoms with Crippen LogP contribution in [0.1, 0.15) is 16.1 Å². The van der Waals surface area contributed by atoms with Gasteiger partial charge in [-0.2, -0.15) is 0 Å². The summed E-state index contributed by atoms with van der Waals surface area (Å²) in [6, 6.07) is 10.1. The van der Waals surface area contributed by atoms with Gasteiger partial charge in [0.1, 0.15) is 17.3 Å². The van der Waals surface area contributed by atoms with Gasteiger partial charge < -0.3 is 9.15 Å². The lowest BCUT2D eigenvalue weighted by Gasteiger charge is -2.02. The summed E-state index contributed by atoms with van der Waals surface area (Å²) < 4.78 is 10.6. The van der Waals surface area contributed by atoms with Crippen molar-refractivity contribution in [2.45, 2.75) is 6.61 Å². The number of nitrogens with zero attached hydrogens (tertiary/aromatic N) is 1. The smallest absolute Gasteiger partial charge is 0.374 e. The van der Waals surface area contributed by atoms with Gasteiger partial charge in [0, 0.05) is 22.2 Å². The molecule has 0 spiro atoms. The van der Waals surface area contributed by atoms with Gasteiger partial charge in [0.05, 0.1) is 0 Å². The highest BCUT2D eigenvalue weighted by atomic mass is 35.5. The topological polar surface area (TPSA) is 52.3 Å². The monoisotopic (exact) mass is 321 g/mol. The summed E-state index contributed by atoms with van der Waals surface area (Å²) in [5.41, 5.74) is 1.33. The first kappa shape index (κ1) is 13.9. The summed E-state index contributed by atoms with van der Waals surface area (Å²) in [5, 5.41) is 1.72. The van der Waals surface area contributed by atoms with Crippen molar-refractivity contribution >= 4 is 40.1 Å². The van der Waals surface area contributed by atoms with Crippen LogP contribution < -0.4 is 0 Å². The largest absolute Gasteiger partial charge is 0.455 e. The Morgan fingerprint density at radius 3 is 2.81 bits per heavy atom. The number of rotatable bonds is 3. The van der Waals surface area contributed by atoms with E-state index in [4.69, 9.17) is 32.4 Å². The Balaban J connectivity index is 1.73. The number of hydrogen-bond donors (Lipinski definition) is 0. The highest BCUT2D eigenvalue weighted by Gasteiger charge is 2.14.